The summed E-state index contributed by atoms with van der Waals surface area (Å²) in [7, 11) is 0. The molecule has 2 aliphatic rings. The molecule has 2 atom stereocenters. The van der Waals surface area contributed by atoms with Crippen molar-refractivity contribution in [2.45, 2.75) is 30.3 Å². The summed E-state index contributed by atoms with van der Waals surface area (Å²) in [4.78, 5) is 32.7. The van der Waals surface area contributed by atoms with Crippen molar-refractivity contribution in [1.82, 2.24) is 24.6 Å². The number of nitro benzene ring substituents is 1. The van der Waals surface area contributed by atoms with Crippen LogP contribution >= 0.6 is 11.8 Å². The lowest BCUT2D eigenvalue weighted by Gasteiger charge is -2.40. The molecule has 10 heteroatoms. The van der Waals surface area contributed by atoms with Gasteiger partial charge in [0.15, 0.2) is 5.16 Å². The van der Waals surface area contributed by atoms with Gasteiger partial charge in [-0.2, -0.15) is 4.68 Å². The number of fused-ring (bicyclic) bond motifs is 1. The third kappa shape index (κ3) is 3.43. The Bertz CT molecular complexity index is 891. The van der Waals surface area contributed by atoms with Gasteiger partial charge in [-0.1, -0.05) is 30.8 Å². The maximum atomic E-state index is 13.1. The van der Waals surface area contributed by atoms with Crippen molar-refractivity contribution < 1.29 is 9.72 Å². The number of aryl methyl sites for hydroxylation is 1. The van der Waals surface area contributed by atoms with E-state index in [-0.39, 0.29) is 22.9 Å². The standard InChI is InChI=1S/C18H22N6O3S/c1-3-21-8-10-22(11-9-21)15(13-4-6-14(7-5-13)24(26)27)16-17(25)23-18(28-16)19-12(2)20-23/h4-7,15-16H,3,8-11H2,1-2H3. The molecule has 0 aliphatic carbocycles. The van der Waals surface area contributed by atoms with Crippen LogP contribution in [0.2, 0.25) is 0 Å². The van der Waals surface area contributed by atoms with Crippen molar-refractivity contribution in [2.75, 3.05) is 32.7 Å². The number of thioether (sulfide) groups is 1. The lowest BCUT2D eigenvalue weighted by atomic mass is 9.99. The molecule has 0 saturated carbocycles. The predicted octanol–water partition coefficient (Wildman–Crippen LogP) is 1.99. The van der Waals surface area contributed by atoms with Crippen LogP contribution in [0.4, 0.5) is 5.69 Å². The first-order chi connectivity index (χ1) is 13.5. The summed E-state index contributed by atoms with van der Waals surface area (Å²) in [5.41, 5.74) is 0.956. The largest absolute Gasteiger partial charge is 0.301 e. The van der Waals surface area contributed by atoms with E-state index in [9.17, 15) is 14.9 Å². The number of nitro groups is 1. The molecule has 0 spiro atoms. The SMILES string of the molecule is CCN1CCN(C(c2ccc([N+](=O)[O-])cc2)C2Sc3nc(C)nn3C2=O)CC1. The lowest BCUT2D eigenvalue weighted by Crippen LogP contribution is -2.50. The second-order valence-electron chi connectivity index (χ2n) is 6.99. The minimum Gasteiger partial charge on any atom is -0.301 e. The molecule has 0 N–H and O–H groups in total. The molecule has 28 heavy (non-hydrogen) atoms. The van der Waals surface area contributed by atoms with E-state index in [4.69, 9.17) is 0 Å². The van der Waals surface area contributed by atoms with E-state index in [2.05, 4.69) is 26.8 Å². The Hall–Kier alpha value is -2.30. The van der Waals surface area contributed by atoms with Gasteiger partial charge in [0.1, 0.15) is 11.1 Å². The zero-order valence-electron chi connectivity index (χ0n) is 15.8. The van der Waals surface area contributed by atoms with Crippen molar-refractivity contribution in [1.29, 1.82) is 0 Å². The quantitative estimate of drug-likeness (QED) is 0.553. The van der Waals surface area contributed by atoms with Crippen LogP contribution in [0.1, 0.15) is 29.1 Å². The Morgan fingerprint density at radius 3 is 2.50 bits per heavy atom. The number of likely N-dealkylation sites (N-methyl/N-ethyl adjacent to an activating group) is 1. The minimum absolute atomic E-state index is 0.0499. The van der Waals surface area contributed by atoms with E-state index in [1.807, 2.05) is 0 Å². The number of hydrogen-bond acceptors (Lipinski definition) is 8. The lowest BCUT2D eigenvalue weighted by molar-refractivity contribution is -0.384. The van der Waals surface area contributed by atoms with Gasteiger partial charge < -0.3 is 4.90 Å². The number of nitrogens with zero attached hydrogens (tertiary/aromatic N) is 6. The van der Waals surface area contributed by atoms with Crippen LogP contribution < -0.4 is 0 Å². The van der Waals surface area contributed by atoms with E-state index in [1.54, 1.807) is 19.1 Å². The molecular formula is C18H22N6O3S. The van der Waals surface area contributed by atoms with Crippen molar-refractivity contribution in [3.05, 3.63) is 45.8 Å². The van der Waals surface area contributed by atoms with Crippen LogP contribution in [-0.4, -0.2) is 73.4 Å². The third-order valence-electron chi connectivity index (χ3n) is 5.35. The van der Waals surface area contributed by atoms with Gasteiger partial charge in [-0.05, 0) is 19.0 Å². The van der Waals surface area contributed by atoms with Gasteiger partial charge in [0.2, 0.25) is 0 Å². The second kappa shape index (κ2) is 7.61. The predicted molar refractivity (Wildman–Crippen MR) is 105 cm³/mol. The van der Waals surface area contributed by atoms with E-state index in [1.165, 1.54) is 28.6 Å². The van der Waals surface area contributed by atoms with Crippen LogP contribution in [0.5, 0.6) is 0 Å². The molecule has 1 fully saturated rings. The van der Waals surface area contributed by atoms with Crippen molar-refractivity contribution in [3.63, 3.8) is 0 Å². The third-order valence-corrected chi connectivity index (χ3v) is 6.54. The highest BCUT2D eigenvalue weighted by Gasteiger charge is 2.43. The molecule has 2 aliphatic heterocycles. The number of carbonyl (C=O) groups is 1. The van der Waals surface area contributed by atoms with E-state index >= 15 is 0 Å². The summed E-state index contributed by atoms with van der Waals surface area (Å²) < 4.78 is 1.39. The Labute approximate surface area is 166 Å². The van der Waals surface area contributed by atoms with Crippen molar-refractivity contribution in [3.8, 4) is 0 Å². The van der Waals surface area contributed by atoms with Crippen LogP contribution in [0.25, 0.3) is 0 Å². The first kappa shape index (κ1) is 19.0. The molecule has 2 unspecified atom stereocenters. The number of piperazine rings is 1. The van der Waals surface area contributed by atoms with Crippen molar-refractivity contribution in [2.24, 2.45) is 0 Å². The summed E-state index contributed by atoms with van der Waals surface area (Å²) in [6, 6.07) is 6.37. The Balaban J connectivity index is 1.65. The van der Waals surface area contributed by atoms with Crippen LogP contribution in [0.15, 0.2) is 29.4 Å². The molecule has 3 heterocycles. The summed E-state index contributed by atoms with van der Waals surface area (Å²) in [6.45, 7) is 8.48. The summed E-state index contributed by atoms with van der Waals surface area (Å²) >= 11 is 1.43. The average molecular weight is 402 g/mol. The number of aromatic nitrogens is 3. The highest BCUT2D eigenvalue weighted by Crippen LogP contribution is 2.41. The molecule has 1 aromatic carbocycles. The fourth-order valence-electron chi connectivity index (χ4n) is 3.83. The van der Waals surface area contributed by atoms with Gasteiger partial charge in [-0.15, -0.1) is 5.10 Å². The van der Waals surface area contributed by atoms with E-state index < -0.39 is 4.92 Å². The average Bonchev–Trinajstić information content (AvgIpc) is 3.20. The van der Waals surface area contributed by atoms with Gasteiger partial charge in [0, 0.05) is 38.3 Å². The molecule has 148 valence electrons. The first-order valence-electron chi connectivity index (χ1n) is 9.33. The monoisotopic (exact) mass is 402 g/mol. The Morgan fingerprint density at radius 1 is 1.25 bits per heavy atom. The maximum Gasteiger partial charge on any atom is 0.269 e. The molecule has 0 radical (unpaired) electrons. The van der Waals surface area contributed by atoms with Crippen LogP contribution in [0.3, 0.4) is 0 Å². The zero-order chi connectivity index (χ0) is 19.8. The minimum atomic E-state index is -0.406. The Kier molecular flexibility index (Phi) is 5.17. The van der Waals surface area contributed by atoms with Gasteiger partial charge in [-0.3, -0.25) is 19.8 Å². The molecule has 0 bridgehead atoms. The highest BCUT2D eigenvalue weighted by molar-refractivity contribution is 8.00. The van der Waals surface area contributed by atoms with Crippen molar-refractivity contribution >= 4 is 23.4 Å². The smallest absolute Gasteiger partial charge is 0.269 e. The highest BCUT2D eigenvalue weighted by atomic mass is 32.2. The molecule has 1 saturated heterocycles. The van der Waals surface area contributed by atoms with E-state index in [0.29, 0.717) is 11.0 Å². The molecule has 4 rings (SSSR count). The number of carbonyl (C=O) groups excluding carboxylic acids is 1. The van der Waals surface area contributed by atoms with Gasteiger partial charge in [0.05, 0.1) is 11.0 Å². The summed E-state index contributed by atoms with van der Waals surface area (Å²) in [6.07, 6.45) is 0. The van der Waals surface area contributed by atoms with Crippen LogP contribution in [-0.2, 0) is 0 Å². The fourth-order valence-corrected chi connectivity index (χ4v) is 5.13. The van der Waals surface area contributed by atoms with Gasteiger partial charge in [0.25, 0.3) is 11.6 Å². The molecule has 0 amide bonds. The normalized spacial score (nSPS) is 21.6. The van der Waals surface area contributed by atoms with Gasteiger partial charge >= 0.3 is 0 Å². The Morgan fingerprint density at radius 2 is 1.93 bits per heavy atom. The molecule has 2 aromatic rings. The van der Waals surface area contributed by atoms with Gasteiger partial charge in [-0.25, -0.2) is 4.98 Å². The molecular weight excluding hydrogens is 380 g/mol. The topological polar surface area (TPSA) is 97.4 Å². The first-order valence-corrected chi connectivity index (χ1v) is 10.2. The molecule has 9 nitrogen and oxygen atoms in total. The van der Waals surface area contributed by atoms with Crippen LogP contribution in [0, 0.1) is 17.0 Å². The zero-order valence-corrected chi connectivity index (χ0v) is 16.6. The summed E-state index contributed by atoms with van der Waals surface area (Å²) in [5, 5.41) is 15.5. The number of rotatable bonds is 5. The fraction of sp³-hybridized carbons (Fsp3) is 0.500. The number of non-ortho nitro benzene ring substituents is 1. The maximum absolute atomic E-state index is 13.1. The second-order valence-corrected chi connectivity index (χ2v) is 8.10. The number of benzene rings is 1. The molecule has 1 aromatic heterocycles. The van der Waals surface area contributed by atoms with E-state index in [0.717, 1.165) is 38.3 Å². The summed E-state index contributed by atoms with van der Waals surface area (Å²) in [5.74, 6) is 0.500. The number of hydrogen-bond donors (Lipinski definition) is 0.